The average Bonchev–Trinajstić information content (AvgIpc) is 3.28. The third kappa shape index (κ3) is 5.00. The van der Waals surface area contributed by atoms with Gasteiger partial charge in [-0.05, 0) is 49.6 Å². The molecule has 2 aromatic carbocycles. The van der Waals surface area contributed by atoms with Crippen LogP contribution in [0.2, 0.25) is 0 Å². The molecule has 0 aromatic heterocycles. The topological polar surface area (TPSA) is 106 Å². The van der Waals surface area contributed by atoms with Gasteiger partial charge in [0.05, 0.1) is 24.3 Å². The van der Waals surface area contributed by atoms with Gasteiger partial charge in [-0.2, -0.15) is 0 Å². The van der Waals surface area contributed by atoms with Gasteiger partial charge in [-0.25, -0.2) is 4.39 Å². The molecule has 0 radical (unpaired) electrons. The standard InChI is InChI=1S/C23H25FN2O6/c24-17-4-2-1-3-16(17)23(29)26-18-7-6-15(32-21(18)12-27)9-10-25-22(28)14-5-8-19-20(11-14)31-13-30-19/h1-5,8,11,15,18,21,27H,6-7,9-10,12-13H2,(H,25,28)(H,26,29)/t15-,18+,21+/m0/s1. The predicted octanol–water partition coefficient (Wildman–Crippen LogP) is 2.01. The van der Waals surface area contributed by atoms with E-state index in [-0.39, 0.29) is 31.0 Å². The maximum atomic E-state index is 13.8. The fraction of sp³-hybridized carbons (Fsp3) is 0.391. The first-order valence-electron chi connectivity index (χ1n) is 10.5. The molecule has 0 unspecified atom stereocenters. The van der Waals surface area contributed by atoms with Crippen LogP contribution in [0.4, 0.5) is 4.39 Å². The Kier molecular flexibility index (Phi) is 6.87. The third-order valence-corrected chi connectivity index (χ3v) is 5.62. The van der Waals surface area contributed by atoms with Crippen molar-refractivity contribution in [3.8, 4) is 11.5 Å². The molecule has 2 aliphatic heterocycles. The highest BCUT2D eigenvalue weighted by atomic mass is 19.1. The fourth-order valence-electron chi connectivity index (χ4n) is 3.89. The van der Waals surface area contributed by atoms with Crippen LogP contribution < -0.4 is 20.1 Å². The molecule has 0 bridgehead atoms. The molecule has 2 amide bonds. The number of carbonyl (C=O) groups excluding carboxylic acids is 2. The van der Waals surface area contributed by atoms with Crippen molar-refractivity contribution in [2.75, 3.05) is 19.9 Å². The summed E-state index contributed by atoms with van der Waals surface area (Å²) in [6, 6.07) is 10.3. The van der Waals surface area contributed by atoms with Crippen LogP contribution >= 0.6 is 0 Å². The van der Waals surface area contributed by atoms with Crippen LogP contribution in [0, 0.1) is 5.82 Å². The van der Waals surface area contributed by atoms with E-state index in [1.54, 1.807) is 24.3 Å². The van der Waals surface area contributed by atoms with Crippen molar-refractivity contribution >= 4 is 11.8 Å². The maximum absolute atomic E-state index is 13.8. The molecule has 4 rings (SSSR count). The Balaban J connectivity index is 1.25. The first-order valence-corrected chi connectivity index (χ1v) is 10.5. The van der Waals surface area contributed by atoms with Crippen LogP contribution in [0.5, 0.6) is 11.5 Å². The lowest BCUT2D eigenvalue weighted by Gasteiger charge is -2.36. The Hall–Kier alpha value is -3.17. The highest BCUT2D eigenvalue weighted by Crippen LogP contribution is 2.32. The number of carbonyl (C=O) groups is 2. The quantitative estimate of drug-likeness (QED) is 0.603. The van der Waals surface area contributed by atoms with Gasteiger partial charge in [0.1, 0.15) is 11.9 Å². The molecule has 1 saturated heterocycles. The normalized spacial score (nSPS) is 21.8. The molecule has 2 aromatic rings. The molecule has 2 aliphatic rings. The van der Waals surface area contributed by atoms with Gasteiger partial charge in [0.25, 0.3) is 11.8 Å². The Morgan fingerprint density at radius 3 is 2.69 bits per heavy atom. The van der Waals surface area contributed by atoms with E-state index < -0.39 is 23.9 Å². The molecule has 0 aliphatic carbocycles. The van der Waals surface area contributed by atoms with Crippen LogP contribution in [-0.2, 0) is 4.74 Å². The van der Waals surface area contributed by atoms with Crippen LogP contribution in [0.25, 0.3) is 0 Å². The van der Waals surface area contributed by atoms with Gasteiger partial charge in [0.15, 0.2) is 11.5 Å². The predicted molar refractivity (Wildman–Crippen MR) is 112 cm³/mol. The SMILES string of the molecule is O=C(NCC[C@@H]1CC[C@@H](NC(=O)c2ccccc2F)[C@@H](CO)O1)c1ccc2c(c1)OCO2. The van der Waals surface area contributed by atoms with Crippen LogP contribution in [-0.4, -0.2) is 55.1 Å². The van der Waals surface area contributed by atoms with Crippen LogP contribution in [0.15, 0.2) is 42.5 Å². The van der Waals surface area contributed by atoms with E-state index in [9.17, 15) is 19.1 Å². The Morgan fingerprint density at radius 2 is 1.88 bits per heavy atom. The van der Waals surface area contributed by atoms with Gasteiger partial charge in [-0.15, -0.1) is 0 Å². The first kappa shape index (κ1) is 22.0. The molecule has 1 fully saturated rings. The number of benzene rings is 2. The number of aliphatic hydroxyl groups excluding tert-OH is 1. The smallest absolute Gasteiger partial charge is 0.254 e. The van der Waals surface area contributed by atoms with Crippen molar-refractivity contribution in [2.45, 2.75) is 37.5 Å². The zero-order valence-corrected chi connectivity index (χ0v) is 17.4. The third-order valence-electron chi connectivity index (χ3n) is 5.62. The zero-order chi connectivity index (χ0) is 22.5. The number of rotatable bonds is 7. The number of hydrogen-bond donors (Lipinski definition) is 3. The Morgan fingerprint density at radius 1 is 1.06 bits per heavy atom. The molecule has 3 atom stereocenters. The molecule has 2 heterocycles. The van der Waals surface area contributed by atoms with Crippen LogP contribution in [0.3, 0.4) is 0 Å². The molecular formula is C23H25FN2O6. The van der Waals surface area contributed by atoms with Crippen molar-refractivity contribution < 1.29 is 33.3 Å². The van der Waals surface area contributed by atoms with Gasteiger partial charge in [0, 0.05) is 12.1 Å². The van der Waals surface area contributed by atoms with Crippen molar-refractivity contribution in [1.82, 2.24) is 10.6 Å². The van der Waals surface area contributed by atoms with E-state index in [2.05, 4.69) is 10.6 Å². The van der Waals surface area contributed by atoms with Crippen molar-refractivity contribution in [3.63, 3.8) is 0 Å². The minimum Gasteiger partial charge on any atom is -0.454 e. The van der Waals surface area contributed by atoms with E-state index >= 15 is 0 Å². The van der Waals surface area contributed by atoms with E-state index in [0.29, 0.717) is 42.9 Å². The first-order chi connectivity index (χ1) is 15.5. The largest absolute Gasteiger partial charge is 0.454 e. The molecular weight excluding hydrogens is 419 g/mol. The number of amides is 2. The molecule has 0 spiro atoms. The van der Waals surface area contributed by atoms with Crippen LogP contribution in [0.1, 0.15) is 40.0 Å². The summed E-state index contributed by atoms with van der Waals surface area (Å²) in [7, 11) is 0. The average molecular weight is 444 g/mol. The second-order valence-corrected chi connectivity index (χ2v) is 7.73. The van der Waals surface area contributed by atoms with Gasteiger partial charge >= 0.3 is 0 Å². The van der Waals surface area contributed by atoms with E-state index in [1.165, 1.54) is 18.2 Å². The molecule has 9 heteroatoms. The fourth-order valence-corrected chi connectivity index (χ4v) is 3.89. The number of ether oxygens (including phenoxy) is 3. The summed E-state index contributed by atoms with van der Waals surface area (Å²) in [5, 5.41) is 15.3. The lowest BCUT2D eigenvalue weighted by Crippen LogP contribution is -2.51. The van der Waals surface area contributed by atoms with E-state index in [1.807, 2.05) is 0 Å². The lowest BCUT2D eigenvalue weighted by molar-refractivity contribution is -0.0893. The molecule has 3 N–H and O–H groups in total. The minimum absolute atomic E-state index is 0.0439. The van der Waals surface area contributed by atoms with Gasteiger partial charge in [-0.3, -0.25) is 9.59 Å². The summed E-state index contributed by atoms with van der Waals surface area (Å²) in [5.41, 5.74) is 0.431. The maximum Gasteiger partial charge on any atom is 0.254 e. The van der Waals surface area contributed by atoms with Crippen molar-refractivity contribution in [2.24, 2.45) is 0 Å². The molecule has 0 saturated carbocycles. The number of hydrogen-bond acceptors (Lipinski definition) is 6. The number of nitrogens with one attached hydrogen (secondary N) is 2. The number of aliphatic hydroxyl groups is 1. The minimum atomic E-state index is -0.603. The summed E-state index contributed by atoms with van der Waals surface area (Å²) < 4.78 is 30.3. The summed E-state index contributed by atoms with van der Waals surface area (Å²) >= 11 is 0. The van der Waals surface area contributed by atoms with Gasteiger partial charge in [-0.1, -0.05) is 12.1 Å². The number of halogens is 1. The second-order valence-electron chi connectivity index (χ2n) is 7.73. The van der Waals surface area contributed by atoms with E-state index in [4.69, 9.17) is 14.2 Å². The summed E-state index contributed by atoms with van der Waals surface area (Å²) in [6.07, 6.45) is 0.992. The summed E-state index contributed by atoms with van der Waals surface area (Å²) in [4.78, 5) is 24.8. The van der Waals surface area contributed by atoms with Crippen molar-refractivity contribution in [3.05, 3.63) is 59.4 Å². The lowest BCUT2D eigenvalue weighted by atomic mass is 9.96. The molecule has 170 valence electrons. The second kappa shape index (κ2) is 9.97. The van der Waals surface area contributed by atoms with Crippen molar-refractivity contribution in [1.29, 1.82) is 0 Å². The van der Waals surface area contributed by atoms with Gasteiger partial charge in [0.2, 0.25) is 6.79 Å². The van der Waals surface area contributed by atoms with Gasteiger partial charge < -0.3 is 30.0 Å². The summed E-state index contributed by atoms with van der Waals surface area (Å²) in [6.45, 7) is 0.262. The highest BCUT2D eigenvalue weighted by Gasteiger charge is 2.32. The summed E-state index contributed by atoms with van der Waals surface area (Å²) in [5.74, 6) is -0.206. The van der Waals surface area contributed by atoms with E-state index in [0.717, 1.165) is 0 Å². The zero-order valence-electron chi connectivity index (χ0n) is 17.4. The Labute approximate surface area is 184 Å². The monoisotopic (exact) mass is 444 g/mol. The molecule has 32 heavy (non-hydrogen) atoms. The Bertz CT molecular complexity index is 985. The number of fused-ring (bicyclic) bond motifs is 1. The molecule has 8 nitrogen and oxygen atoms in total. The highest BCUT2D eigenvalue weighted by molar-refractivity contribution is 5.95.